The van der Waals surface area contributed by atoms with E-state index >= 15 is 0 Å². The summed E-state index contributed by atoms with van der Waals surface area (Å²) in [5.74, 6) is -0.465. The molecule has 6 nitrogen and oxygen atoms in total. The molecule has 0 aromatic heterocycles. The number of anilines is 1. The average Bonchev–Trinajstić information content (AvgIpc) is 2.75. The first-order valence-electron chi connectivity index (χ1n) is 9.98. The van der Waals surface area contributed by atoms with Crippen molar-refractivity contribution in [3.63, 3.8) is 0 Å². The molecule has 0 bridgehead atoms. The van der Waals surface area contributed by atoms with Gasteiger partial charge in [0.1, 0.15) is 11.6 Å². The van der Waals surface area contributed by atoms with Crippen LogP contribution in [0.2, 0.25) is 0 Å². The number of carbonyl (C=O) groups is 1. The molecule has 0 aliphatic carbocycles. The zero-order valence-electron chi connectivity index (χ0n) is 17.1. The minimum Gasteiger partial charge on any atom is -0.396 e. The first-order chi connectivity index (χ1) is 14.0. The SMILES string of the molecule is CC(CO)CNC(=O)C(C#N)=Cc1ccc2cc(N3CCN(C)CC3)ccc2c1. The van der Waals surface area contributed by atoms with E-state index in [0.29, 0.717) is 6.54 Å². The molecular formula is C23H28N4O2. The quantitative estimate of drug-likeness (QED) is 0.582. The second-order valence-electron chi connectivity index (χ2n) is 7.75. The number of fused-ring (bicyclic) bond motifs is 1. The predicted octanol–water partition coefficient (Wildman–Crippen LogP) is 2.24. The van der Waals surface area contributed by atoms with Crippen LogP contribution >= 0.6 is 0 Å². The Labute approximate surface area is 172 Å². The molecule has 3 rings (SSSR count). The van der Waals surface area contributed by atoms with E-state index in [2.05, 4.69) is 40.4 Å². The van der Waals surface area contributed by atoms with E-state index in [1.165, 1.54) is 5.69 Å². The maximum atomic E-state index is 12.2. The smallest absolute Gasteiger partial charge is 0.261 e. The number of likely N-dealkylation sites (N-methyl/N-ethyl adjacent to an activating group) is 1. The van der Waals surface area contributed by atoms with Crippen molar-refractivity contribution in [2.24, 2.45) is 5.92 Å². The highest BCUT2D eigenvalue weighted by atomic mass is 16.3. The minimum atomic E-state index is -0.418. The molecule has 1 aliphatic heterocycles. The van der Waals surface area contributed by atoms with Crippen molar-refractivity contribution >= 4 is 28.4 Å². The minimum absolute atomic E-state index is 0.00727. The molecular weight excluding hydrogens is 364 g/mol. The van der Waals surface area contributed by atoms with Crippen LogP contribution in [0.1, 0.15) is 12.5 Å². The van der Waals surface area contributed by atoms with Crippen LogP contribution in [0.3, 0.4) is 0 Å². The van der Waals surface area contributed by atoms with Crippen LogP contribution in [0, 0.1) is 17.2 Å². The third-order valence-corrected chi connectivity index (χ3v) is 5.32. The number of benzene rings is 2. The van der Waals surface area contributed by atoms with Crippen molar-refractivity contribution in [1.29, 1.82) is 5.26 Å². The molecule has 1 fully saturated rings. The fourth-order valence-corrected chi connectivity index (χ4v) is 3.34. The first kappa shape index (κ1) is 20.8. The van der Waals surface area contributed by atoms with E-state index in [0.717, 1.165) is 42.5 Å². The molecule has 6 heteroatoms. The van der Waals surface area contributed by atoms with E-state index in [1.54, 1.807) is 6.08 Å². The number of aliphatic hydroxyl groups excluding tert-OH is 1. The van der Waals surface area contributed by atoms with Crippen molar-refractivity contribution in [1.82, 2.24) is 10.2 Å². The summed E-state index contributed by atoms with van der Waals surface area (Å²) in [6, 6.07) is 14.3. The average molecular weight is 393 g/mol. The van der Waals surface area contributed by atoms with Crippen LogP contribution in [0.15, 0.2) is 42.0 Å². The second-order valence-corrected chi connectivity index (χ2v) is 7.75. The molecule has 1 aliphatic rings. The molecule has 1 heterocycles. The molecule has 1 amide bonds. The summed E-state index contributed by atoms with van der Waals surface area (Å²) < 4.78 is 0. The molecule has 1 unspecified atom stereocenters. The molecule has 0 saturated carbocycles. The largest absolute Gasteiger partial charge is 0.396 e. The number of nitriles is 1. The Balaban J connectivity index is 1.76. The number of hydrogen-bond acceptors (Lipinski definition) is 5. The number of aliphatic hydroxyl groups is 1. The van der Waals surface area contributed by atoms with Gasteiger partial charge in [0.2, 0.25) is 0 Å². The Kier molecular flexibility index (Phi) is 6.86. The lowest BCUT2D eigenvalue weighted by molar-refractivity contribution is -0.117. The van der Waals surface area contributed by atoms with Gasteiger partial charge < -0.3 is 20.2 Å². The van der Waals surface area contributed by atoms with Gasteiger partial charge in [-0.05, 0) is 53.6 Å². The summed E-state index contributed by atoms with van der Waals surface area (Å²) in [7, 11) is 2.15. The molecule has 0 radical (unpaired) electrons. The van der Waals surface area contributed by atoms with Gasteiger partial charge in [0, 0.05) is 45.0 Å². The van der Waals surface area contributed by atoms with Crippen LogP contribution in [-0.4, -0.2) is 62.3 Å². The summed E-state index contributed by atoms with van der Waals surface area (Å²) >= 11 is 0. The van der Waals surface area contributed by atoms with Gasteiger partial charge in [0.15, 0.2) is 0 Å². The topological polar surface area (TPSA) is 79.6 Å². The Morgan fingerprint density at radius 1 is 1.21 bits per heavy atom. The molecule has 1 atom stereocenters. The summed E-state index contributed by atoms with van der Waals surface area (Å²) in [6.45, 7) is 6.34. The highest BCUT2D eigenvalue weighted by molar-refractivity contribution is 6.02. The van der Waals surface area contributed by atoms with Crippen molar-refractivity contribution in [2.75, 3.05) is 51.3 Å². The summed E-state index contributed by atoms with van der Waals surface area (Å²) in [5.41, 5.74) is 2.10. The van der Waals surface area contributed by atoms with Crippen LogP contribution in [0.25, 0.3) is 16.8 Å². The Hall–Kier alpha value is -2.88. The number of rotatable bonds is 6. The van der Waals surface area contributed by atoms with E-state index in [1.807, 2.05) is 31.2 Å². The highest BCUT2D eigenvalue weighted by Crippen LogP contribution is 2.25. The van der Waals surface area contributed by atoms with Crippen molar-refractivity contribution in [3.8, 4) is 6.07 Å². The monoisotopic (exact) mass is 392 g/mol. The van der Waals surface area contributed by atoms with Crippen molar-refractivity contribution < 1.29 is 9.90 Å². The Morgan fingerprint density at radius 3 is 2.59 bits per heavy atom. The molecule has 0 spiro atoms. The van der Waals surface area contributed by atoms with Crippen LogP contribution in [0.5, 0.6) is 0 Å². The highest BCUT2D eigenvalue weighted by Gasteiger charge is 2.15. The van der Waals surface area contributed by atoms with Gasteiger partial charge in [0.05, 0.1) is 0 Å². The lowest BCUT2D eigenvalue weighted by Gasteiger charge is -2.34. The lowest BCUT2D eigenvalue weighted by atomic mass is 10.0. The zero-order chi connectivity index (χ0) is 20.8. The fourth-order valence-electron chi connectivity index (χ4n) is 3.34. The van der Waals surface area contributed by atoms with Crippen LogP contribution in [0.4, 0.5) is 5.69 Å². The molecule has 1 saturated heterocycles. The zero-order valence-corrected chi connectivity index (χ0v) is 17.1. The first-order valence-corrected chi connectivity index (χ1v) is 9.98. The van der Waals surface area contributed by atoms with Gasteiger partial charge in [-0.3, -0.25) is 4.79 Å². The number of hydrogen-bond donors (Lipinski definition) is 2. The Bertz CT molecular complexity index is 940. The van der Waals surface area contributed by atoms with Crippen LogP contribution in [-0.2, 0) is 4.79 Å². The normalized spacial score (nSPS) is 16.5. The molecule has 152 valence electrons. The molecule has 2 aromatic rings. The van der Waals surface area contributed by atoms with Gasteiger partial charge in [-0.2, -0.15) is 5.26 Å². The number of nitrogens with zero attached hydrogens (tertiary/aromatic N) is 3. The third-order valence-electron chi connectivity index (χ3n) is 5.32. The second kappa shape index (κ2) is 9.55. The van der Waals surface area contributed by atoms with Crippen molar-refractivity contribution in [2.45, 2.75) is 6.92 Å². The van der Waals surface area contributed by atoms with Gasteiger partial charge in [0.25, 0.3) is 5.91 Å². The maximum absolute atomic E-state index is 12.2. The van der Waals surface area contributed by atoms with E-state index in [-0.39, 0.29) is 18.1 Å². The molecule has 2 N–H and O–H groups in total. The van der Waals surface area contributed by atoms with Gasteiger partial charge in [-0.1, -0.05) is 25.1 Å². The standard InChI is InChI=1S/C23H28N4O2/c1-17(16-28)15-25-23(29)21(14-24)12-18-3-4-20-13-22(6-5-19(20)11-18)27-9-7-26(2)8-10-27/h3-6,11-13,17,28H,7-10,15-16H2,1-2H3,(H,25,29). The number of piperazine rings is 1. The van der Waals surface area contributed by atoms with Crippen LogP contribution < -0.4 is 10.2 Å². The molecule has 2 aromatic carbocycles. The van der Waals surface area contributed by atoms with Gasteiger partial charge >= 0.3 is 0 Å². The number of carbonyl (C=O) groups excluding carboxylic acids is 1. The van der Waals surface area contributed by atoms with Gasteiger partial charge in [-0.25, -0.2) is 0 Å². The fraction of sp³-hybridized carbons (Fsp3) is 0.391. The van der Waals surface area contributed by atoms with E-state index in [9.17, 15) is 10.1 Å². The number of nitrogens with one attached hydrogen (secondary N) is 1. The third kappa shape index (κ3) is 5.35. The molecule has 29 heavy (non-hydrogen) atoms. The van der Waals surface area contributed by atoms with Gasteiger partial charge in [-0.15, -0.1) is 0 Å². The van der Waals surface area contributed by atoms with E-state index in [4.69, 9.17) is 5.11 Å². The number of amides is 1. The predicted molar refractivity (Wildman–Crippen MR) is 117 cm³/mol. The van der Waals surface area contributed by atoms with E-state index < -0.39 is 5.91 Å². The summed E-state index contributed by atoms with van der Waals surface area (Å²) in [4.78, 5) is 17.0. The lowest BCUT2D eigenvalue weighted by Crippen LogP contribution is -2.44. The summed E-state index contributed by atoms with van der Waals surface area (Å²) in [5, 5.41) is 23.3. The maximum Gasteiger partial charge on any atom is 0.261 e. The van der Waals surface area contributed by atoms with Crippen molar-refractivity contribution in [3.05, 3.63) is 47.5 Å². The Morgan fingerprint density at radius 2 is 1.90 bits per heavy atom. The summed E-state index contributed by atoms with van der Waals surface area (Å²) in [6.07, 6.45) is 1.60.